The zero-order valence-electron chi connectivity index (χ0n) is 9.36. The van der Waals surface area contributed by atoms with Crippen molar-refractivity contribution in [1.29, 1.82) is 0 Å². The van der Waals surface area contributed by atoms with Crippen molar-refractivity contribution in [2.75, 3.05) is 5.73 Å². The van der Waals surface area contributed by atoms with Gasteiger partial charge in [0.25, 0.3) is 0 Å². The van der Waals surface area contributed by atoms with Crippen molar-refractivity contribution < 1.29 is 4.79 Å². The van der Waals surface area contributed by atoms with Gasteiger partial charge in [0.1, 0.15) is 5.69 Å². The number of nitrogens with two attached hydrogens (primary N) is 1. The summed E-state index contributed by atoms with van der Waals surface area (Å²) >= 11 is 0. The lowest BCUT2D eigenvalue weighted by molar-refractivity contribution is 0.0955. The second-order valence-corrected chi connectivity index (χ2v) is 3.75. The molecule has 0 aliphatic heterocycles. The molecule has 82 valence electrons. The zero-order valence-corrected chi connectivity index (χ0v) is 9.36. The van der Waals surface area contributed by atoms with Crippen molar-refractivity contribution in [3.8, 4) is 0 Å². The minimum atomic E-state index is 0.0572. The van der Waals surface area contributed by atoms with E-state index in [4.69, 9.17) is 5.73 Å². The highest BCUT2D eigenvalue weighted by Gasteiger charge is 2.15. The van der Waals surface area contributed by atoms with Gasteiger partial charge in [-0.2, -0.15) is 0 Å². The first kappa shape index (κ1) is 11.7. The number of anilines is 1. The lowest BCUT2D eigenvalue weighted by atomic mass is 9.95. The standard InChI is InChI=1S/C12H18N2O/c1-3-9(4-2)8-11(15)12-10(13)6-5-7-14-12/h5-7,9H,3-4,8,13H2,1-2H3. The molecule has 15 heavy (non-hydrogen) atoms. The van der Waals surface area contributed by atoms with Crippen LogP contribution in [0, 0.1) is 5.92 Å². The zero-order chi connectivity index (χ0) is 11.3. The molecule has 0 radical (unpaired) electrons. The summed E-state index contributed by atoms with van der Waals surface area (Å²) < 4.78 is 0. The Morgan fingerprint density at radius 2 is 2.13 bits per heavy atom. The van der Waals surface area contributed by atoms with Crippen LogP contribution in [-0.4, -0.2) is 10.8 Å². The molecule has 1 aromatic heterocycles. The predicted octanol–water partition coefficient (Wildman–Crippen LogP) is 2.67. The Kier molecular flexibility index (Phi) is 4.28. The summed E-state index contributed by atoms with van der Waals surface area (Å²) in [5.41, 5.74) is 6.60. The molecule has 0 aliphatic carbocycles. The summed E-state index contributed by atoms with van der Waals surface area (Å²) in [6, 6.07) is 3.45. The number of pyridine rings is 1. The Hall–Kier alpha value is -1.38. The first-order valence-corrected chi connectivity index (χ1v) is 5.42. The Morgan fingerprint density at radius 3 is 2.67 bits per heavy atom. The van der Waals surface area contributed by atoms with E-state index in [1.54, 1.807) is 18.3 Å². The van der Waals surface area contributed by atoms with Crippen molar-refractivity contribution in [2.24, 2.45) is 5.92 Å². The smallest absolute Gasteiger partial charge is 0.183 e. The average Bonchev–Trinajstić information content (AvgIpc) is 2.26. The molecule has 0 saturated heterocycles. The van der Waals surface area contributed by atoms with E-state index in [-0.39, 0.29) is 5.78 Å². The molecule has 3 nitrogen and oxygen atoms in total. The number of hydrogen-bond acceptors (Lipinski definition) is 3. The molecular formula is C12H18N2O. The van der Waals surface area contributed by atoms with Crippen molar-refractivity contribution in [3.05, 3.63) is 24.0 Å². The van der Waals surface area contributed by atoms with E-state index in [1.165, 1.54) is 0 Å². The number of Topliss-reactive ketones (excluding diaryl/α,β-unsaturated/α-hetero) is 1. The van der Waals surface area contributed by atoms with Crippen LogP contribution in [0.3, 0.4) is 0 Å². The van der Waals surface area contributed by atoms with E-state index >= 15 is 0 Å². The van der Waals surface area contributed by atoms with E-state index < -0.39 is 0 Å². The van der Waals surface area contributed by atoms with Gasteiger partial charge in [-0.05, 0) is 18.1 Å². The molecule has 0 aromatic carbocycles. The van der Waals surface area contributed by atoms with Gasteiger partial charge >= 0.3 is 0 Å². The Balaban J connectivity index is 2.73. The lowest BCUT2D eigenvalue weighted by Crippen LogP contribution is -2.11. The quantitative estimate of drug-likeness (QED) is 0.753. The molecule has 0 aliphatic rings. The first-order valence-electron chi connectivity index (χ1n) is 5.42. The molecule has 1 aromatic rings. The molecule has 0 saturated carbocycles. The molecular weight excluding hydrogens is 188 g/mol. The summed E-state index contributed by atoms with van der Waals surface area (Å²) in [4.78, 5) is 15.9. The summed E-state index contributed by atoms with van der Waals surface area (Å²) in [7, 11) is 0. The molecule has 0 fully saturated rings. The van der Waals surface area contributed by atoms with Crippen LogP contribution in [0.1, 0.15) is 43.6 Å². The summed E-state index contributed by atoms with van der Waals surface area (Å²) in [5, 5.41) is 0. The highest BCUT2D eigenvalue weighted by Crippen LogP contribution is 2.18. The van der Waals surface area contributed by atoms with E-state index in [0.29, 0.717) is 23.7 Å². The number of nitrogen functional groups attached to an aromatic ring is 1. The third kappa shape index (κ3) is 3.05. The van der Waals surface area contributed by atoms with Crippen molar-refractivity contribution in [2.45, 2.75) is 33.1 Å². The molecule has 1 heterocycles. The SMILES string of the molecule is CCC(CC)CC(=O)c1ncccc1N. The van der Waals surface area contributed by atoms with Gasteiger partial charge < -0.3 is 5.73 Å². The number of carbonyl (C=O) groups is 1. The monoisotopic (exact) mass is 206 g/mol. The fourth-order valence-corrected chi connectivity index (χ4v) is 1.59. The van der Waals surface area contributed by atoms with E-state index in [0.717, 1.165) is 12.8 Å². The summed E-state index contributed by atoms with van der Waals surface area (Å²) in [6.07, 6.45) is 4.20. The Bertz CT molecular complexity index is 332. The van der Waals surface area contributed by atoms with Gasteiger partial charge in [0.15, 0.2) is 5.78 Å². The molecule has 0 unspecified atom stereocenters. The summed E-state index contributed by atoms with van der Waals surface area (Å²) in [5.74, 6) is 0.501. The van der Waals surface area contributed by atoms with E-state index in [2.05, 4.69) is 18.8 Å². The maximum Gasteiger partial charge on any atom is 0.183 e. The second kappa shape index (κ2) is 5.49. The van der Waals surface area contributed by atoms with Gasteiger partial charge in [0, 0.05) is 12.6 Å². The van der Waals surface area contributed by atoms with Gasteiger partial charge in [-0.1, -0.05) is 26.7 Å². The largest absolute Gasteiger partial charge is 0.397 e. The van der Waals surface area contributed by atoms with E-state index in [9.17, 15) is 4.79 Å². The number of rotatable bonds is 5. The average molecular weight is 206 g/mol. The number of aromatic nitrogens is 1. The molecule has 0 amide bonds. The van der Waals surface area contributed by atoms with Crippen LogP contribution in [0.5, 0.6) is 0 Å². The molecule has 1 rings (SSSR count). The number of hydrogen-bond donors (Lipinski definition) is 1. The second-order valence-electron chi connectivity index (χ2n) is 3.75. The van der Waals surface area contributed by atoms with E-state index in [1.807, 2.05) is 0 Å². The highest BCUT2D eigenvalue weighted by molar-refractivity contribution is 5.98. The number of carbonyl (C=O) groups excluding carboxylic acids is 1. The Labute approximate surface area is 90.7 Å². The fourth-order valence-electron chi connectivity index (χ4n) is 1.59. The number of nitrogens with zero attached hydrogens (tertiary/aromatic N) is 1. The summed E-state index contributed by atoms with van der Waals surface area (Å²) in [6.45, 7) is 4.20. The molecule has 3 heteroatoms. The van der Waals surface area contributed by atoms with Crippen molar-refractivity contribution >= 4 is 11.5 Å². The normalized spacial score (nSPS) is 10.6. The maximum absolute atomic E-state index is 11.9. The number of ketones is 1. The van der Waals surface area contributed by atoms with Crippen molar-refractivity contribution in [1.82, 2.24) is 4.98 Å². The molecule has 0 spiro atoms. The molecule has 0 bridgehead atoms. The fraction of sp³-hybridized carbons (Fsp3) is 0.500. The van der Waals surface area contributed by atoms with Gasteiger partial charge in [0.05, 0.1) is 5.69 Å². The van der Waals surface area contributed by atoms with Gasteiger partial charge in [-0.15, -0.1) is 0 Å². The Morgan fingerprint density at radius 1 is 1.47 bits per heavy atom. The van der Waals surface area contributed by atoms with Crippen LogP contribution < -0.4 is 5.73 Å². The highest BCUT2D eigenvalue weighted by atomic mass is 16.1. The molecule has 0 atom stereocenters. The maximum atomic E-state index is 11.9. The van der Waals surface area contributed by atoms with Gasteiger partial charge in [-0.25, -0.2) is 0 Å². The van der Waals surface area contributed by atoms with Crippen LogP contribution in [0.25, 0.3) is 0 Å². The van der Waals surface area contributed by atoms with Crippen LogP contribution in [0.2, 0.25) is 0 Å². The lowest BCUT2D eigenvalue weighted by Gasteiger charge is -2.11. The molecule has 2 N–H and O–H groups in total. The third-order valence-corrected chi connectivity index (χ3v) is 2.73. The van der Waals surface area contributed by atoms with Crippen LogP contribution in [0.15, 0.2) is 18.3 Å². The minimum absolute atomic E-state index is 0.0572. The minimum Gasteiger partial charge on any atom is -0.397 e. The van der Waals surface area contributed by atoms with Crippen molar-refractivity contribution in [3.63, 3.8) is 0 Å². The van der Waals surface area contributed by atoms with Crippen LogP contribution in [0.4, 0.5) is 5.69 Å². The van der Waals surface area contributed by atoms with Crippen LogP contribution in [-0.2, 0) is 0 Å². The van der Waals surface area contributed by atoms with Crippen LogP contribution >= 0.6 is 0 Å². The first-order chi connectivity index (χ1) is 7.19. The predicted molar refractivity (Wildman–Crippen MR) is 61.7 cm³/mol. The third-order valence-electron chi connectivity index (χ3n) is 2.73. The van der Waals surface area contributed by atoms with Gasteiger partial charge in [0.2, 0.25) is 0 Å². The topological polar surface area (TPSA) is 56.0 Å². The van der Waals surface area contributed by atoms with Gasteiger partial charge in [-0.3, -0.25) is 9.78 Å².